The molecule has 0 bridgehead atoms. The molecule has 1 N–H and O–H groups in total. The van der Waals surface area contributed by atoms with Gasteiger partial charge in [-0.1, -0.05) is 32.9 Å². The van der Waals surface area contributed by atoms with Gasteiger partial charge in [-0.3, -0.25) is 4.79 Å². The Bertz CT molecular complexity index is 482. The number of aliphatic hydroxyl groups is 1. The predicted octanol–water partition coefficient (Wildman–Crippen LogP) is 2.92. The van der Waals surface area contributed by atoms with Crippen molar-refractivity contribution in [3.05, 3.63) is 29.3 Å². The van der Waals surface area contributed by atoms with Crippen LogP contribution in [0.15, 0.2) is 18.2 Å². The maximum Gasteiger partial charge on any atom is 0.227 e. The lowest BCUT2D eigenvalue weighted by Crippen LogP contribution is -2.31. The van der Waals surface area contributed by atoms with Gasteiger partial charge in [0.05, 0.1) is 6.10 Å². The molecule has 0 saturated carbocycles. The van der Waals surface area contributed by atoms with Gasteiger partial charge in [0.2, 0.25) is 5.91 Å². The van der Waals surface area contributed by atoms with Crippen LogP contribution >= 0.6 is 0 Å². The molecular weight excluding hydrogens is 238 g/mol. The summed E-state index contributed by atoms with van der Waals surface area (Å²) in [4.78, 5) is 13.4. The molecule has 104 valence electrons. The largest absolute Gasteiger partial charge is 0.388 e. The van der Waals surface area contributed by atoms with Crippen molar-refractivity contribution in [2.75, 3.05) is 11.9 Å². The van der Waals surface area contributed by atoms with E-state index in [4.69, 9.17) is 0 Å². The average molecular weight is 261 g/mol. The maximum atomic E-state index is 11.6. The van der Waals surface area contributed by atoms with Crippen LogP contribution in [0.3, 0.4) is 0 Å². The van der Waals surface area contributed by atoms with Crippen molar-refractivity contribution in [2.24, 2.45) is 11.8 Å². The molecule has 0 aromatic heterocycles. The quantitative estimate of drug-likeness (QED) is 0.909. The fraction of sp³-hybridized carbons (Fsp3) is 0.562. The second-order valence-electron chi connectivity index (χ2n) is 5.89. The van der Waals surface area contributed by atoms with Gasteiger partial charge in [0.1, 0.15) is 0 Å². The second kappa shape index (κ2) is 5.33. The molecule has 0 fully saturated rings. The van der Waals surface area contributed by atoms with Crippen LogP contribution in [0.4, 0.5) is 5.69 Å². The monoisotopic (exact) mass is 261 g/mol. The van der Waals surface area contributed by atoms with Gasteiger partial charge in [0.25, 0.3) is 0 Å². The summed E-state index contributed by atoms with van der Waals surface area (Å²) >= 11 is 0. The Labute approximate surface area is 115 Å². The number of anilines is 1. The van der Waals surface area contributed by atoms with Gasteiger partial charge in [-0.15, -0.1) is 0 Å². The van der Waals surface area contributed by atoms with Crippen LogP contribution in [0.5, 0.6) is 0 Å². The van der Waals surface area contributed by atoms with Crippen LogP contribution < -0.4 is 4.90 Å². The van der Waals surface area contributed by atoms with Crippen LogP contribution in [-0.2, 0) is 11.2 Å². The van der Waals surface area contributed by atoms with Crippen LogP contribution in [-0.4, -0.2) is 18.1 Å². The fourth-order valence-electron chi connectivity index (χ4n) is 2.53. The van der Waals surface area contributed by atoms with E-state index >= 15 is 0 Å². The van der Waals surface area contributed by atoms with Gasteiger partial charge >= 0.3 is 0 Å². The first-order valence-corrected chi connectivity index (χ1v) is 6.99. The molecule has 1 aromatic rings. The van der Waals surface area contributed by atoms with E-state index in [0.717, 1.165) is 23.2 Å². The summed E-state index contributed by atoms with van der Waals surface area (Å²) in [5, 5.41) is 10.4. The van der Waals surface area contributed by atoms with Gasteiger partial charge in [-0.2, -0.15) is 0 Å². The number of hydrogen-bond acceptors (Lipinski definition) is 2. The molecule has 1 heterocycles. The molecule has 0 radical (unpaired) electrons. The zero-order chi connectivity index (χ0) is 14.2. The number of hydrogen-bond donors (Lipinski definition) is 1. The normalized spacial score (nSPS) is 18.4. The van der Waals surface area contributed by atoms with Crippen molar-refractivity contribution in [3.63, 3.8) is 0 Å². The lowest BCUT2D eigenvalue weighted by atomic mass is 9.87. The van der Waals surface area contributed by atoms with E-state index in [1.807, 2.05) is 19.2 Å². The first-order valence-electron chi connectivity index (χ1n) is 6.99. The molecular formula is C16H23NO2. The number of amides is 1. The summed E-state index contributed by atoms with van der Waals surface area (Å²) in [6.45, 7) is 6.32. The van der Waals surface area contributed by atoms with Crippen molar-refractivity contribution >= 4 is 11.6 Å². The molecule has 0 aliphatic carbocycles. The topological polar surface area (TPSA) is 40.5 Å². The Kier molecular flexibility index (Phi) is 3.95. The van der Waals surface area contributed by atoms with Gasteiger partial charge < -0.3 is 10.0 Å². The van der Waals surface area contributed by atoms with Gasteiger partial charge in [0, 0.05) is 19.2 Å². The highest BCUT2D eigenvalue weighted by Gasteiger charge is 2.24. The molecule has 1 aromatic carbocycles. The number of fused-ring (bicyclic) bond motifs is 1. The van der Waals surface area contributed by atoms with Crippen molar-refractivity contribution in [1.82, 2.24) is 0 Å². The van der Waals surface area contributed by atoms with Gasteiger partial charge in [0.15, 0.2) is 0 Å². The minimum atomic E-state index is -0.437. The van der Waals surface area contributed by atoms with E-state index in [-0.39, 0.29) is 11.8 Å². The Morgan fingerprint density at radius 3 is 2.53 bits per heavy atom. The minimum absolute atomic E-state index is 0.163. The molecule has 2 rings (SSSR count). The highest BCUT2D eigenvalue weighted by molar-refractivity contribution is 5.95. The number of carbonyl (C=O) groups excluding carboxylic acids is 1. The van der Waals surface area contributed by atoms with E-state index in [0.29, 0.717) is 12.3 Å². The molecule has 0 saturated heterocycles. The Morgan fingerprint density at radius 2 is 1.89 bits per heavy atom. The zero-order valence-electron chi connectivity index (χ0n) is 12.2. The van der Waals surface area contributed by atoms with Crippen molar-refractivity contribution in [2.45, 2.75) is 39.7 Å². The van der Waals surface area contributed by atoms with E-state index in [1.54, 1.807) is 4.90 Å². The zero-order valence-corrected chi connectivity index (χ0v) is 12.2. The second-order valence-corrected chi connectivity index (χ2v) is 5.89. The number of aryl methyl sites for hydroxylation is 1. The maximum absolute atomic E-state index is 11.6. The van der Waals surface area contributed by atoms with Crippen LogP contribution in [0.1, 0.15) is 44.4 Å². The molecule has 19 heavy (non-hydrogen) atoms. The molecule has 3 nitrogen and oxygen atoms in total. The van der Waals surface area contributed by atoms with E-state index in [9.17, 15) is 9.90 Å². The standard InChI is InChI=1S/C16H23NO2/c1-10(2)11(3)16(19)13-5-7-14-12(9-13)6-8-15(18)17(14)4/h5,7,9-11,16,19H,6,8H2,1-4H3. The molecule has 1 amide bonds. The number of rotatable bonds is 3. The molecule has 1 aliphatic rings. The smallest absolute Gasteiger partial charge is 0.227 e. The molecule has 1 aliphatic heterocycles. The van der Waals surface area contributed by atoms with E-state index in [1.165, 1.54) is 0 Å². The minimum Gasteiger partial charge on any atom is -0.388 e. The van der Waals surface area contributed by atoms with Crippen LogP contribution in [0.25, 0.3) is 0 Å². The highest BCUT2D eigenvalue weighted by Crippen LogP contribution is 2.33. The third-order valence-electron chi connectivity index (χ3n) is 4.34. The summed E-state index contributed by atoms with van der Waals surface area (Å²) in [6.07, 6.45) is 0.894. The number of carbonyl (C=O) groups is 1. The van der Waals surface area contributed by atoms with E-state index in [2.05, 4.69) is 26.8 Å². The van der Waals surface area contributed by atoms with Gasteiger partial charge in [-0.25, -0.2) is 0 Å². The van der Waals surface area contributed by atoms with Crippen molar-refractivity contribution in [1.29, 1.82) is 0 Å². The SMILES string of the molecule is CC(C)C(C)C(O)c1ccc2c(c1)CCC(=O)N2C. The van der Waals surface area contributed by atoms with Gasteiger partial charge in [-0.05, 0) is 35.4 Å². The fourth-order valence-corrected chi connectivity index (χ4v) is 2.53. The number of benzene rings is 1. The van der Waals surface area contributed by atoms with Crippen molar-refractivity contribution < 1.29 is 9.90 Å². The molecule has 0 spiro atoms. The predicted molar refractivity (Wildman–Crippen MR) is 77.1 cm³/mol. The van der Waals surface area contributed by atoms with Crippen molar-refractivity contribution in [3.8, 4) is 0 Å². The highest BCUT2D eigenvalue weighted by atomic mass is 16.3. The summed E-state index contributed by atoms with van der Waals surface area (Å²) < 4.78 is 0. The summed E-state index contributed by atoms with van der Waals surface area (Å²) in [5.41, 5.74) is 3.10. The summed E-state index contributed by atoms with van der Waals surface area (Å²) in [5.74, 6) is 0.827. The lowest BCUT2D eigenvalue weighted by molar-refractivity contribution is -0.118. The lowest BCUT2D eigenvalue weighted by Gasteiger charge is -2.28. The molecule has 3 heteroatoms. The average Bonchev–Trinajstić information content (AvgIpc) is 2.40. The van der Waals surface area contributed by atoms with Crippen LogP contribution in [0, 0.1) is 11.8 Å². The summed E-state index contributed by atoms with van der Waals surface area (Å²) in [7, 11) is 1.81. The van der Waals surface area contributed by atoms with E-state index < -0.39 is 6.10 Å². The molecule has 2 unspecified atom stereocenters. The Balaban J connectivity index is 2.29. The summed E-state index contributed by atoms with van der Waals surface area (Å²) in [6, 6.07) is 5.96. The Hall–Kier alpha value is -1.35. The first kappa shape index (κ1) is 14.1. The first-order chi connectivity index (χ1) is 8.91. The third kappa shape index (κ3) is 2.66. The third-order valence-corrected chi connectivity index (χ3v) is 4.34. The number of aliphatic hydroxyl groups excluding tert-OH is 1. The number of nitrogens with zero attached hydrogens (tertiary/aromatic N) is 1. The Morgan fingerprint density at radius 1 is 1.21 bits per heavy atom. The molecule has 2 atom stereocenters. The van der Waals surface area contributed by atoms with Crippen LogP contribution in [0.2, 0.25) is 0 Å².